The molecule has 0 saturated carbocycles. The van der Waals surface area contributed by atoms with E-state index in [4.69, 9.17) is 0 Å². The molecule has 0 bridgehead atoms. The van der Waals surface area contributed by atoms with Crippen LogP contribution in [0.5, 0.6) is 0 Å². The average molecular weight is 468 g/mol. The first-order chi connectivity index (χ1) is 15.9. The molecule has 1 saturated heterocycles. The molecule has 3 heterocycles. The minimum Gasteiger partial charge on any atom is -0.312 e. The highest BCUT2D eigenvalue weighted by atomic mass is 32.2. The van der Waals surface area contributed by atoms with Crippen LogP contribution in [0.4, 0.5) is 11.4 Å². The molecule has 3 aliphatic heterocycles. The quantitative estimate of drug-likeness (QED) is 0.695. The van der Waals surface area contributed by atoms with Crippen molar-refractivity contribution < 1.29 is 18.0 Å². The topological polar surface area (TPSA) is 78.0 Å². The molecule has 7 nitrogen and oxygen atoms in total. The van der Waals surface area contributed by atoms with E-state index in [1.54, 1.807) is 23.1 Å². The third kappa shape index (κ3) is 3.95. The van der Waals surface area contributed by atoms with Crippen LogP contribution in [0.3, 0.4) is 0 Å². The van der Waals surface area contributed by atoms with Crippen LogP contribution in [-0.2, 0) is 32.5 Å². The number of para-hydroxylation sites is 1. The van der Waals surface area contributed by atoms with Crippen LogP contribution in [0.2, 0.25) is 0 Å². The Labute approximate surface area is 195 Å². The van der Waals surface area contributed by atoms with Crippen molar-refractivity contribution in [3.05, 3.63) is 53.6 Å². The smallest absolute Gasteiger partial charge is 0.243 e. The summed E-state index contributed by atoms with van der Waals surface area (Å²) in [6.07, 6.45) is 3.75. The Morgan fingerprint density at radius 3 is 2.48 bits per heavy atom. The summed E-state index contributed by atoms with van der Waals surface area (Å²) in [5.41, 5.74) is 3.80. The van der Waals surface area contributed by atoms with E-state index in [1.807, 2.05) is 29.2 Å². The van der Waals surface area contributed by atoms with E-state index in [2.05, 4.69) is 0 Å². The third-order valence-corrected chi connectivity index (χ3v) is 8.94. The summed E-state index contributed by atoms with van der Waals surface area (Å²) in [4.78, 5) is 29.0. The van der Waals surface area contributed by atoms with Crippen LogP contribution in [0.25, 0.3) is 0 Å². The maximum atomic E-state index is 13.5. The van der Waals surface area contributed by atoms with Gasteiger partial charge in [-0.2, -0.15) is 4.31 Å². The molecule has 8 heteroatoms. The number of nitrogens with zero attached hydrogens (tertiary/aromatic N) is 3. The Balaban J connectivity index is 1.36. The van der Waals surface area contributed by atoms with Gasteiger partial charge in [-0.05, 0) is 67.5 Å². The number of benzene rings is 2. The minimum atomic E-state index is -3.72. The van der Waals surface area contributed by atoms with Crippen LogP contribution in [0.15, 0.2) is 47.4 Å². The molecule has 1 atom stereocenters. The molecule has 2 aromatic rings. The van der Waals surface area contributed by atoms with Gasteiger partial charge >= 0.3 is 0 Å². The summed E-state index contributed by atoms with van der Waals surface area (Å²) in [5.74, 6) is -0.361. The van der Waals surface area contributed by atoms with Gasteiger partial charge in [0.15, 0.2) is 0 Å². The van der Waals surface area contributed by atoms with E-state index < -0.39 is 10.0 Å². The fraction of sp³-hybridized carbons (Fsp3) is 0.440. The summed E-state index contributed by atoms with van der Waals surface area (Å²) in [5, 5.41) is 0. The summed E-state index contributed by atoms with van der Waals surface area (Å²) in [6.45, 7) is 3.46. The Bertz CT molecular complexity index is 1210. The van der Waals surface area contributed by atoms with Crippen LogP contribution in [-0.4, -0.2) is 50.7 Å². The normalized spacial score (nSPS) is 20.9. The summed E-state index contributed by atoms with van der Waals surface area (Å²) >= 11 is 0. The number of anilines is 2. The maximum Gasteiger partial charge on any atom is 0.243 e. The van der Waals surface area contributed by atoms with E-state index in [1.165, 1.54) is 16.8 Å². The Morgan fingerprint density at radius 1 is 0.879 bits per heavy atom. The van der Waals surface area contributed by atoms with Crippen molar-refractivity contribution in [2.45, 2.75) is 43.9 Å². The zero-order valence-electron chi connectivity index (χ0n) is 18.9. The molecule has 2 aromatic carbocycles. The molecule has 1 fully saturated rings. The Hall–Kier alpha value is -2.71. The van der Waals surface area contributed by atoms with E-state index >= 15 is 0 Å². The molecular formula is C25H29N3O4S. The van der Waals surface area contributed by atoms with Crippen molar-refractivity contribution in [1.29, 1.82) is 0 Å². The predicted octanol–water partition coefficient (Wildman–Crippen LogP) is 2.98. The van der Waals surface area contributed by atoms with Crippen LogP contribution < -0.4 is 9.80 Å². The molecule has 0 radical (unpaired) electrons. The number of amides is 2. The highest BCUT2D eigenvalue weighted by Crippen LogP contribution is 2.34. The number of aryl methyl sites for hydroxylation is 1. The minimum absolute atomic E-state index is 0.0161. The first-order valence-corrected chi connectivity index (χ1v) is 13.1. The molecule has 33 heavy (non-hydrogen) atoms. The number of carbonyl (C=O) groups is 2. The fourth-order valence-corrected chi connectivity index (χ4v) is 6.93. The summed E-state index contributed by atoms with van der Waals surface area (Å²) in [6, 6.07) is 13.0. The number of fused-ring (bicyclic) bond motifs is 2. The van der Waals surface area contributed by atoms with Crippen molar-refractivity contribution in [1.82, 2.24) is 4.31 Å². The zero-order valence-corrected chi connectivity index (χ0v) is 19.7. The van der Waals surface area contributed by atoms with Gasteiger partial charge in [0.25, 0.3) is 0 Å². The van der Waals surface area contributed by atoms with Crippen LogP contribution in [0.1, 0.15) is 37.3 Å². The molecule has 0 aromatic heterocycles. The number of hydrogen-bond acceptors (Lipinski definition) is 4. The van der Waals surface area contributed by atoms with Gasteiger partial charge < -0.3 is 9.80 Å². The summed E-state index contributed by atoms with van der Waals surface area (Å²) < 4.78 is 28.5. The zero-order chi connectivity index (χ0) is 23.2. The van der Waals surface area contributed by atoms with Gasteiger partial charge in [-0.3, -0.25) is 9.59 Å². The van der Waals surface area contributed by atoms with Crippen molar-refractivity contribution in [3.63, 3.8) is 0 Å². The van der Waals surface area contributed by atoms with E-state index in [-0.39, 0.29) is 29.2 Å². The van der Waals surface area contributed by atoms with E-state index in [0.717, 1.165) is 36.2 Å². The molecule has 5 rings (SSSR count). The number of rotatable bonds is 3. The van der Waals surface area contributed by atoms with Gasteiger partial charge in [-0.25, -0.2) is 8.42 Å². The van der Waals surface area contributed by atoms with Gasteiger partial charge in [0.05, 0.1) is 10.8 Å². The largest absolute Gasteiger partial charge is 0.312 e. The third-order valence-electron chi connectivity index (χ3n) is 7.07. The van der Waals surface area contributed by atoms with Crippen molar-refractivity contribution in [2.75, 3.05) is 36.0 Å². The maximum absolute atomic E-state index is 13.5. The van der Waals surface area contributed by atoms with E-state index in [9.17, 15) is 18.0 Å². The lowest BCUT2D eigenvalue weighted by Crippen LogP contribution is -2.46. The lowest BCUT2D eigenvalue weighted by Gasteiger charge is -2.34. The first kappa shape index (κ1) is 22.1. The van der Waals surface area contributed by atoms with Crippen LogP contribution >= 0.6 is 0 Å². The molecule has 3 aliphatic rings. The van der Waals surface area contributed by atoms with Gasteiger partial charge in [0.1, 0.15) is 0 Å². The molecule has 0 spiro atoms. The van der Waals surface area contributed by atoms with E-state index in [0.29, 0.717) is 32.5 Å². The Morgan fingerprint density at radius 2 is 1.67 bits per heavy atom. The van der Waals surface area contributed by atoms with Crippen molar-refractivity contribution >= 4 is 33.2 Å². The second-order valence-corrected chi connectivity index (χ2v) is 11.1. The Kier molecular flexibility index (Phi) is 5.74. The summed E-state index contributed by atoms with van der Waals surface area (Å²) in [7, 11) is -3.72. The molecular weight excluding hydrogens is 438 g/mol. The number of hydrogen-bond donors (Lipinski definition) is 0. The molecule has 174 valence electrons. The predicted molar refractivity (Wildman–Crippen MR) is 127 cm³/mol. The molecule has 0 N–H and O–H groups in total. The van der Waals surface area contributed by atoms with Gasteiger partial charge in [-0.15, -0.1) is 0 Å². The second-order valence-electron chi connectivity index (χ2n) is 9.14. The standard InChI is InChI=1S/C25H29N3O4S/c1-18(29)27-14-5-7-20-16-22(10-11-24(20)27)33(31,32)26-13-4-8-21(17-26)25(30)28-15-12-19-6-2-3-9-23(19)28/h2-3,6,9-11,16,21H,4-5,7-8,12-15,17H2,1H3/t21-/m1/s1. The first-order valence-electron chi connectivity index (χ1n) is 11.7. The lowest BCUT2D eigenvalue weighted by atomic mass is 9.98. The fourth-order valence-electron chi connectivity index (χ4n) is 5.36. The van der Waals surface area contributed by atoms with Gasteiger partial charge in [0, 0.05) is 44.5 Å². The lowest BCUT2D eigenvalue weighted by molar-refractivity contribution is -0.123. The molecule has 2 amide bonds. The molecule has 0 unspecified atom stereocenters. The second kappa shape index (κ2) is 8.57. The highest BCUT2D eigenvalue weighted by molar-refractivity contribution is 7.89. The van der Waals surface area contributed by atoms with Crippen molar-refractivity contribution in [3.8, 4) is 0 Å². The van der Waals surface area contributed by atoms with Crippen molar-refractivity contribution in [2.24, 2.45) is 5.92 Å². The number of carbonyl (C=O) groups excluding carboxylic acids is 2. The van der Waals surface area contributed by atoms with Gasteiger partial charge in [-0.1, -0.05) is 18.2 Å². The highest BCUT2D eigenvalue weighted by Gasteiger charge is 2.37. The SMILES string of the molecule is CC(=O)N1CCCc2cc(S(=O)(=O)N3CCC[C@@H](C(=O)N4CCc5ccccc54)C3)ccc21. The number of piperidine rings is 1. The van der Waals surface area contributed by atoms with Crippen LogP contribution in [0, 0.1) is 5.92 Å². The monoisotopic (exact) mass is 467 g/mol. The average Bonchev–Trinajstić information content (AvgIpc) is 3.27. The molecule has 0 aliphatic carbocycles. The van der Waals surface area contributed by atoms with Gasteiger partial charge in [0.2, 0.25) is 21.8 Å². The number of sulfonamides is 1.